The van der Waals surface area contributed by atoms with Crippen molar-refractivity contribution in [3.8, 4) is 6.07 Å². The van der Waals surface area contributed by atoms with Crippen LogP contribution >= 0.6 is 0 Å². The Morgan fingerprint density at radius 3 is 2.10 bits per heavy atom. The lowest BCUT2D eigenvalue weighted by Crippen LogP contribution is -2.46. The Hall–Kier alpha value is -2.83. The molecule has 1 N–H and O–H groups in total. The van der Waals surface area contributed by atoms with Crippen molar-refractivity contribution in [2.45, 2.75) is 84.4 Å². The fourth-order valence-electron chi connectivity index (χ4n) is 6.31. The van der Waals surface area contributed by atoms with E-state index in [9.17, 15) is 18.0 Å². The number of fused-ring (bicyclic) bond motifs is 3. The second-order valence-corrected chi connectivity index (χ2v) is 11.1. The molecule has 3 aromatic rings. The zero-order valence-corrected chi connectivity index (χ0v) is 23.9. The van der Waals surface area contributed by atoms with Gasteiger partial charge in [0.2, 0.25) is 5.56 Å². The molecule has 1 saturated heterocycles. The number of hydrogen-bond donors (Lipinski definition) is 1. The van der Waals surface area contributed by atoms with Crippen molar-refractivity contribution in [3.63, 3.8) is 0 Å². The van der Waals surface area contributed by atoms with Crippen LogP contribution in [0.4, 0.5) is 13.2 Å². The minimum absolute atomic E-state index is 0.0939. The number of pyridine rings is 1. The summed E-state index contributed by atoms with van der Waals surface area (Å²) in [6.07, 6.45) is 4.92. The van der Waals surface area contributed by atoms with Crippen molar-refractivity contribution in [1.29, 1.82) is 5.26 Å². The van der Waals surface area contributed by atoms with Crippen LogP contribution in [0.15, 0.2) is 23.0 Å². The van der Waals surface area contributed by atoms with Gasteiger partial charge in [0.05, 0.1) is 11.6 Å². The number of hydrogen-bond acceptors (Lipinski definition) is 4. The molecule has 0 aliphatic carbocycles. The monoisotopic (exact) mass is 557 g/mol. The average Bonchev–Trinajstić information content (AvgIpc) is 3.21. The van der Waals surface area contributed by atoms with Crippen molar-refractivity contribution in [2.24, 2.45) is 0 Å². The summed E-state index contributed by atoms with van der Waals surface area (Å²) in [7, 11) is 0. The van der Waals surface area contributed by atoms with E-state index in [1.54, 1.807) is 6.07 Å². The quantitative estimate of drug-likeness (QED) is 0.240. The molecule has 4 rings (SSSR count). The molecule has 40 heavy (non-hydrogen) atoms. The van der Waals surface area contributed by atoms with Crippen LogP contribution in [0.1, 0.15) is 75.1 Å². The van der Waals surface area contributed by atoms with Crippen LogP contribution in [-0.2, 0) is 19.1 Å². The molecule has 218 valence electrons. The van der Waals surface area contributed by atoms with E-state index in [1.165, 1.54) is 32.1 Å². The van der Waals surface area contributed by atoms with Crippen molar-refractivity contribution in [2.75, 3.05) is 39.3 Å². The molecule has 0 amide bonds. The first-order valence-corrected chi connectivity index (χ1v) is 14.8. The summed E-state index contributed by atoms with van der Waals surface area (Å²) in [5.41, 5.74) is 1.37. The molecule has 6 nitrogen and oxygen atoms in total. The SMILES string of the molecule is CCc1c(C)c2c3c(C(F)(F)F)cc(=O)[nH]c3ccc2n1CCCCCCCCCN1CCN(CCC#N)CC1. The van der Waals surface area contributed by atoms with Gasteiger partial charge in [-0.3, -0.25) is 9.69 Å². The number of benzene rings is 1. The number of H-pyrrole nitrogens is 1. The van der Waals surface area contributed by atoms with E-state index in [1.807, 2.05) is 19.9 Å². The number of aromatic nitrogens is 2. The first-order chi connectivity index (χ1) is 19.2. The highest BCUT2D eigenvalue weighted by Crippen LogP contribution is 2.39. The summed E-state index contributed by atoms with van der Waals surface area (Å²) >= 11 is 0. The number of piperazine rings is 1. The van der Waals surface area contributed by atoms with Gasteiger partial charge in [-0.05, 0) is 50.4 Å². The van der Waals surface area contributed by atoms with Crippen LogP contribution in [0.25, 0.3) is 21.8 Å². The fraction of sp³-hybridized carbons (Fsp3) is 0.613. The van der Waals surface area contributed by atoms with Crippen LogP contribution in [0, 0.1) is 18.3 Å². The Balaban J connectivity index is 1.27. The van der Waals surface area contributed by atoms with Gasteiger partial charge in [0.1, 0.15) is 0 Å². The summed E-state index contributed by atoms with van der Waals surface area (Å²) in [6.45, 7) is 11.1. The van der Waals surface area contributed by atoms with Crippen molar-refractivity contribution < 1.29 is 13.2 Å². The molecule has 1 aliphatic heterocycles. The van der Waals surface area contributed by atoms with Crippen molar-refractivity contribution >= 4 is 21.8 Å². The molecular formula is C31H42F3N5O. The van der Waals surface area contributed by atoms with Gasteiger partial charge < -0.3 is 14.5 Å². The molecule has 0 unspecified atom stereocenters. The maximum Gasteiger partial charge on any atom is 0.417 e. The lowest BCUT2D eigenvalue weighted by atomic mass is 10.0. The number of nitrogens with one attached hydrogen (secondary N) is 1. The minimum atomic E-state index is -4.60. The molecule has 9 heteroatoms. The summed E-state index contributed by atoms with van der Waals surface area (Å²) in [5, 5.41) is 9.43. The van der Waals surface area contributed by atoms with Gasteiger partial charge >= 0.3 is 6.18 Å². The zero-order valence-electron chi connectivity index (χ0n) is 23.9. The molecule has 0 radical (unpaired) electrons. The third-order valence-electron chi connectivity index (χ3n) is 8.41. The number of alkyl halides is 3. The third-order valence-corrected chi connectivity index (χ3v) is 8.41. The lowest BCUT2D eigenvalue weighted by Gasteiger charge is -2.34. The van der Waals surface area contributed by atoms with Crippen LogP contribution in [0.5, 0.6) is 0 Å². The number of nitrogens with zero attached hydrogens (tertiary/aromatic N) is 4. The third kappa shape index (κ3) is 7.08. The number of aromatic amines is 1. The van der Waals surface area contributed by atoms with Crippen molar-refractivity contribution in [3.05, 3.63) is 45.4 Å². The number of nitriles is 1. The fourth-order valence-corrected chi connectivity index (χ4v) is 6.31. The second-order valence-electron chi connectivity index (χ2n) is 11.1. The Bertz CT molecular complexity index is 1380. The maximum absolute atomic E-state index is 13.9. The normalized spacial score (nSPS) is 15.3. The predicted octanol–water partition coefficient (Wildman–Crippen LogP) is 6.63. The zero-order chi connectivity index (χ0) is 28.7. The highest BCUT2D eigenvalue weighted by molar-refractivity contribution is 6.09. The van der Waals surface area contributed by atoms with Crippen LogP contribution < -0.4 is 5.56 Å². The maximum atomic E-state index is 13.9. The molecule has 0 spiro atoms. The second kappa shape index (κ2) is 13.7. The Labute approximate surface area is 234 Å². The summed E-state index contributed by atoms with van der Waals surface area (Å²) < 4.78 is 43.9. The standard InChI is InChI=1S/C31H42F3N5O/c1-3-26-23(2)29-27(13-12-25-30(29)24(31(32,33)34)22-28(40)36-25)39(26)17-10-8-6-4-5-7-9-15-37-18-20-38(21-19-37)16-11-14-35/h12-13,22H,3-11,15-21H2,1-2H3,(H,36,40). The van der Waals surface area contributed by atoms with E-state index in [2.05, 4.69) is 25.4 Å². The van der Waals surface area contributed by atoms with E-state index in [0.29, 0.717) is 17.9 Å². The molecule has 2 aromatic heterocycles. The summed E-state index contributed by atoms with van der Waals surface area (Å²) in [6, 6.07) is 6.37. The molecule has 0 saturated carbocycles. The smallest absolute Gasteiger partial charge is 0.344 e. The van der Waals surface area contributed by atoms with Crippen molar-refractivity contribution in [1.82, 2.24) is 19.4 Å². The van der Waals surface area contributed by atoms with E-state index >= 15 is 0 Å². The number of unbranched alkanes of at least 4 members (excludes halogenated alkanes) is 6. The number of halogens is 3. The highest BCUT2D eigenvalue weighted by atomic mass is 19.4. The summed E-state index contributed by atoms with van der Waals surface area (Å²) in [5.74, 6) is 0. The van der Waals surface area contributed by atoms with Gasteiger partial charge in [0, 0.05) is 79.3 Å². The van der Waals surface area contributed by atoms with E-state index in [0.717, 1.165) is 81.8 Å². The Morgan fingerprint density at radius 1 is 0.900 bits per heavy atom. The van der Waals surface area contributed by atoms with Crippen LogP contribution in [-0.4, -0.2) is 58.6 Å². The van der Waals surface area contributed by atoms with Gasteiger partial charge in [-0.2, -0.15) is 18.4 Å². The van der Waals surface area contributed by atoms with Gasteiger partial charge in [-0.15, -0.1) is 0 Å². The predicted molar refractivity (Wildman–Crippen MR) is 155 cm³/mol. The van der Waals surface area contributed by atoms with E-state index < -0.39 is 17.3 Å². The minimum Gasteiger partial charge on any atom is -0.344 e. The molecule has 0 atom stereocenters. The average molecular weight is 558 g/mol. The van der Waals surface area contributed by atoms with Gasteiger partial charge in [-0.25, -0.2) is 0 Å². The topological polar surface area (TPSA) is 68.1 Å². The highest BCUT2D eigenvalue weighted by Gasteiger charge is 2.34. The van der Waals surface area contributed by atoms with Gasteiger partial charge in [-0.1, -0.05) is 39.0 Å². The van der Waals surface area contributed by atoms with Crippen LogP contribution in [0.3, 0.4) is 0 Å². The molecule has 0 bridgehead atoms. The van der Waals surface area contributed by atoms with E-state index in [-0.39, 0.29) is 10.9 Å². The largest absolute Gasteiger partial charge is 0.417 e. The molecule has 1 aromatic carbocycles. The lowest BCUT2D eigenvalue weighted by molar-refractivity contribution is -0.136. The molecule has 1 aliphatic rings. The van der Waals surface area contributed by atoms with Crippen LogP contribution in [0.2, 0.25) is 0 Å². The summed E-state index contributed by atoms with van der Waals surface area (Å²) in [4.78, 5) is 19.4. The van der Waals surface area contributed by atoms with Gasteiger partial charge in [0.15, 0.2) is 0 Å². The first kappa shape index (κ1) is 30.1. The molecular weight excluding hydrogens is 515 g/mol. The molecule has 1 fully saturated rings. The van der Waals surface area contributed by atoms with Gasteiger partial charge in [0.25, 0.3) is 0 Å². The Kier molecular flexibility index (Phi) is 10.3. The number of aryl methyl sites for hydroxylation is 2. The Morgan fingerprint density at radius 2 is 1.50 bits per heavy atom. The molecule has 3 heterocycles. The van der Waals surface area contributed by atoms with E-state index in [4.69, 9.17) is 5.26 Å². The number of rotatable bonds is 13. The first-order valence-electron chi connectivity index (χ1n) is 14.8.